The van der Waals surface area contributed by atoms with Crippen molar-refractivity contribution in [1.82, 2.24) is 5.32 Å². The molecule has 506 valence electrons. The molecule has 0 aliphatic carbocycles. The molecule has 0 aliphatic heterocycles. The van der Waals surface area contributed by atoms with Crippen LogP contribution in [0.15, 0.2) is 97.2 Å². The SMILES string of the molecule is CC/C=C\C/C=C\C/C=C\C/C=C\C/C=C\C/C=C\CCCCCCCCCCCCCCCCCCCCC(=O)NC(COP(=O)([O-])OCC[N+](C)(C)C)C(O)/C=C/CC/C=C/CCCCCCCCCCCCCCCCCCCCCCCC. The van der Waals surface area contributed by atoms with E-state index in [9.17, 15) is 19.4 Å². The van der Waals surface area contributed by atoms with Gasteiger partial charge in [0.05, 0.1) is 39.9 Å². The molecule has 9 heteroatoms. The number of quaternary nitrogens is 1. The lowest BCUT2D eigenvalue weighted by Gasteiger charge is -2.29. The number of hydrogen-bond acceptors (Lipinski definition) is 6. The summed E-state index contributed by atoms with van der Waals surface area (Å²) in [6.45, 7) is 4.55. The zero-order chi connectivity index (χ0) is 63.4. The Kier molecular flexibility index (Phi) is 65.8. The fourth-order valence-electron chi connectivity index (χ4n) is 10.8. The number of aliphatic hydroxyl groups excluding tert-OH is 1. The number of likely N-dealkylation sites (N-methyl/N-ethyl adjacent to an activating group) is 1. The summed E-state index contributed by atoms with van der Waals surface area (Å²) in [5.41, 5.74) is 0. The van der Waals surface area contributed by atoms with Crippen LogP contribution in [0.1, 0.15) is 341 Å². The highest BCUT2D eigenvalue weighted by Crippen LogP contribution is 2.38. The highest BCUT2D eigenvalue weighted by Gasteiger charge is 2.23. The predicted octanol–water partition coefficient (Wildman–Crippen LogP) is 23.4. The molecule has 0 saturated carbocycles. The Balaban J connectivity index is 4.05. The van der Waals surface area contributed by atoms with Gasteiger partial charge in [-0.25, -0.2) is 0 Å². The van der Waals surface area contributed by atoms with E-state index in [4.69, 9.17) is 9.05 Å². The maximum atomic E-state index is 13.1. The summed E-state index contributed by atoms with van der Waals surface area (Å²) >= 11 is 0. The molecule has 0 spiro atoms. The van der Waals surface area contributed by atoms with Crippen molar-refractivity contribution in [2.24, 2.45) is 0 Å². The molecule has 0 aromatic carbocycles. The maximum Gasteiger partial charge on any atom is 0.268 e. The molecule has 0 rings (SSSR count). The first-order valence-corrected chi connectivity index (χ1v) is 38.6. The first-order valence-electron chi connectivity index (χ1n) is 37.1. The second-order valence-electron chi connectivity index (χ2n) is 26.3. The number of phosphoric ester groups is 1. The summed E-state index contributed by atoms with van der Waals surface area (Å²) in [6, 6.07) is -0.909. The minimum Gasteiger partial charge on any atom is -0.756 e. The summed E-state index contributed by atoms with van der Waals surface area (Å²) in [7, 11) is 1.25. The highest BCUT2D eigenvalue weighted by atomic mass is 31.2. The van der Waals surface area contributed by atoms with Crippen LogP contribution in [0.3, 0.4) is 0 Å². The number of aliphatic hydroxyl groups is 1. The zero-order valence-corrected chi connectivity index (χ0v) is 58.9. The number of unbranched alkanes of at least 4 members (excludes halogenated alkanes) is 41. The van der Waals surface area contributed by atoms with Gasteiger partial charge in [-0.1, -0.05) is 349 Å². The van der Waals surface area contributed by atoms with Gasteiger partial charge < -0.3 is 28.8 Å². The molecular formula is C78H143N2O6P. The Morgan fingerprint density at radius 3 is 1.07 bits per heavy atom. The normalized spacial score (nSPS) is 14.1. The van der Waals surface area contributed by atoms with Gasteiger partial charge >= 0.3 is 0 Å². The molecule has 0 heterocycles. The highest BCUT2D eigenvalue weighted by molar-refractivity contribution is 7.45. The van der Waals surface area contributed by atoms with Crippen LogP contribution < -0.4 is 10.2 Å². The summed E-state index contributed by atoms with van der Waals surface area (Å²) in [5, 5.41) is 14.0. The van der Waals surface area contributed by atoms with Crippen molar-refractivity contribution in [3.05, 3.63) is 97.2 Å². The van der Waals surface area contributed by atoms with Crippen molar-refractivity contribution < 1.29 is 32.9 Å². The van der Waals surface area contributed by atoms with Gasteiger partial charge in [-0.3, -0.25) is 9.36 Å². The molecule has 3 atom stereocenters. The van der Waals surface area contributed by atoms with Gasteiger partial charge in [0.25, 0.3) is 7.82 Å². The largest absolute Gasteiger partial charge is 0.756 e. The molecule has 1 amide bonds. The Labute approximate surface area is 540 Å². The van der Waals surface area contributed by atoms with Crippen molar-refractivity contribution >= 4 is 13.7 Å². The van der Waals surface area contributed by atoms with Crippen LogP contribution in [-0.4, -0.2) is 68.5 Å². The Morgan fingerprint density at radius 1 is 0.414 bits per heavy atom. The maximum absolute atomic E-state index is 13.1. The first kappa shape index (κ1) is 84.4. The Hall–Kier alpha value is -2.58. The number of hydrogen-bond donors (Lipinski definition) is 2. The molecule has 3 unspecified atom stereocenters. The number of amides is 1. The molecule has 2 N–H and O–H groups in total. The fraction of sp³-hybridized carbons (Fsp3) is 0.782. The van der Waals surface area contributed by atoms with Crippen LogP contribution in [-0.2, 0) is 18.4 Å². The summed E-state index contributed by atoms with van der Waals surface area (Å²) in [6.07, 6.45) is 98.4. The smallest absolute Gasteiger partial charge is 0.268 e. The van der Waals surface area contributed by atoms with Crippen molar-refractivity contribution in [3.8, 4) is 0 Å². The predicted molar refractivity (Wildman–Crippen MR) is 380 cm³/mol. The standard InChI is InChI=1S/C78H143N2O6P/c1-6-8-10-12-14-16-18-20-22-24-26-28-30-32-34-36-37-38-39-40-41-42-43-44-46-48-50-52-54-56-58-60-62-64-66-68-70-72-78(82)79-76(75-86-87(83,84)85-74-73-80(3,4)5)77(81)71-69-67-65-63-61-59-57-55-53-51-49-47-45-35-33-31-29-27-25-23-21-19-17-15-13-11-9-7-2/h8,10,14,16,20,22,26,28,32,34,37-38,61,63,69,71,76-77,81H,6-7,9,11-13,15,17-19,21,23-25,27,29-31,33,35-36,39-60,62,64-68,70,72-75H2,1-5H3,(H-,79,82,83,84)/b10-8-,16-14-,22-20-,28-26-,34-32-,38-37-,63-61+,71-69+. The van der Waals surface area contributed by atoms with Gasteiger partial charge in [-0.15, -0.1) is 0 Å². The lowest BCUT2D eigenvalue weighted by Crippen LogP contribution is -2.45. The van der Waals surface area contributed by atoms with E-state index in [1.165, 1.54) is 244 Å². The van der Waals surface area contributed by atoms with Gasteiger partial charge in [-0.05, 0) is 83.5 Å². The number of carbonyl (C=O) groups excluding carboxylic acids is 1. The average Bonchev–Trinajstić information content (AvgIpc) is 3.70. The molecule has 0 bridgehead atoms. The minimum atomic E-state index is -4.62. The van der Waals surface area contributed by atoms with E-state index in [1.807, 2.05) is 27.2 Å². The lowest BCUT2D eigenvalue weighted by atomic mass is 10.0. The van der Waals surface area contributed by atoms with Crippen molar-refractivity contribution in [2.45, 2.75) is 353 Å². The molecule has 87 heavy (non-hydrogen) atoms. The van der Waals surface area contributed by atoms with Gasteiger partial charge in [0, 0.05) is 6.42 Å². The monoisotopic (exact) mass is 1240 g/mol. The molecule has 0 radical (unpaired) electrons. The van der Waals surface area contributed by atoms with Gasteiger partial charge in [0.15, 0.2) is 0 Å². The fourth-order valence-corrected chi connectivity index (χ4v) is 11.5. The third-order valence-electron chi connectivity index (χ3n) is 16.5. The van der Waals surface area contributed by atoms with Gasteiger partial charge in [0.1, 0.15) is 13.2 Å². The summed E-state index contributed by atoms with van der Waals surface area (Å²) < 4.78 is 23.5. The zero-order valence-electron chi connectivity index (χ0n) is 58.0. The molecule has 0 aliphatic rings. The number of nitrogens with one attached hydrogen (secondary N) is 1. The van der Waals surface area contributed by atoms with Gasteiger partial charge in [-0.2, -0.15) is 0 Å². The van der Waals surface area contributed by atoms with Crippen LogP contribution in [0, 0.1) is 0 Å². The number of carbonyl (C=O) groups is 1. The van der Waals surface area contributed by atoms with Crippen molar-refractivity contribution in [1.29, 1.82) is 0 Å². The molecular weight excluding hydrogens is 1090 g/mol. The van der Waals surface area contributed by atoms with Crippen LogP contribution in [0.2, 0.25) is 0 Å². The Morgan fingerprint density at radius 2 is 0.713 bits per heavy atom. The number of allylic oxidation sites excluding steroid dienone is 15. The van der Waals surface area contributed by atoms with E-state index >= 15 is 0 Å². The van der Waals surface area contributed by atoms with Crippen LogP contribution in [0.4, 0.5) is 0 Å². The quantitative estimate of drug-likeness (QED) is 0.0272. The van der Waals surface area contributed by atoms with Crippen LogP contribution >= 0.6 is 7.82 Å². The third kappa shape index (κ3) is 70.7. The van der Waals surface area contributed by atoms with Crippen molar-refractivity contribution in [3.63, 3.8) is 0 Å². The van der Waals surface area contributed by atoms with Gasteiger partial charge in [0.2, 0.25) is 5.91 Å². The second kappa shape index (κ2) is 67.8. The summed E-state index contributed by atoms with van der Waals surface area (Å²) in [5.74, 6) is -0.204. The van der Waals surface area contributed by atoms with Crippen LogP contribution in [0.25, 0.3) is 0 Å². The van der Waals surface area contributed by atoms with E-state index in [-0.39, 0.29) is 12.5 Å². The molecule has 0 saturated heterocycles. The van der Waals surface area contributed by atoms with E-state index < -0.39 is 26.6 Å². The topological polar surface area (TPSA) is 108 Å². The third-order valence-corrected chi connectivity index (χ3v) is 17.5. The first-order chi connectivity index (χ1) is 42.5. The van der Waals surface area contributed by atoms with E-state index in [0.717, 1.165) is 77.0 Å². The number of nitrogens with zero attached hydrogens (tertiary/aromatic N) is 1. The average molecular weight is 1240 g/mol. The molecule has 0 fully saturated rings. The van der Waals surface area contributed by atoms with E-state index in [2.05, 4.69) is 104 Å². The second-order valence-corrected chi connectivity index (χ2v) is 27.7. The summed E-state index contributed by atoms with van der Waals surface area (Å²) in [4.78, 5) is 25.7. The number of rotatable bonds is 68. The number of phosphoric acid groups is 1. The Bertz CT molecular complexity index is 1740. The lowest BCUT2D eigenvalue weighted by molar-refractivity contribution is -0.870. The molecule has 0 aromatic rings. The molecule has 0 aromatic heterocycles. The van der Waals surface area contributed by atoms with E-state index in [1.54, 1.807) is 6.08 Å². The van der Waals surface area contributed by atoms with E-state index in [0.29, 0.717) is 17.4 Å². The van der Waals surface area contributed by atoms with Crippen LogP contribution in [0.5, 0.6) is 0 Å². The molecule has 8 nitrogen and oxygen atoms in total. The minimum absolute atomic E-state index is 0.00794. The van der Waals surface area contributed by atoms with Crippen molar-refractivity contribution in [2.75, 3.05) is 40.9 Å².